The summed E-state index contributed by atoms with van der Waals surface area (Å²) in [5, 5.41) is 1.14. The number of nitrogens with zero attached hydrogens (tertiary/aromatic N) is 1. The summed E-state index contributed by atoms with van der Waals surface area (Å²) < 4.78 is 5.46. The number of aryl methyl sites for hydroxylation is 2. The largest absolute Gasteiger partial charge is 0.494 e. The van der Waals surface area contributed by atoms with E-state index in [1.807, 2.05) is 19.1 Å². The van der Waals surface area contributed by atoms with E-state index in [1.54, 1.807) is 11.3 Å². The van der Waals surface area contributed by atoms with E-state index in [4.69, 9.17) is 4.74 Å². The van der Waals surface area contributed by atoms with Crippen LogP contribution in [0.1, 0.15) is 30.2 Å². The molecule has 0 unspecified atom stereocenters. The summed E-state index contributed by atoms with van der Waals surface area (Å²) in [6.07, 6.45) is 2.26. The first-order valence-electron chi connectivity index (χ1n) is 6.44. The highest BCUT2D eigenvalue weighted by Crippen LogP contribution is 2.30. The van der Waals surface area contributed by atoms with Gasteiger partial charge in [0.15, 0.2) is 0 Å². The Balaban J connectivity index is 2.29. The van der Waals surface area contributed by atoms with E-state index in [-0.39, 0.29) is 0 Å². The van der Waals surface area contributed by atoms with Crippen LogP contribution in [0.25, 0.3) is 11.3 Å². The lowest BCUT2D eigenvalue weighted by Crippen LogP contribution is -1.91. The fraction of sp³-hybridized carbons (Fsp3) is 0.400. The summed E-state index contributed by atoms with van der Waals surface area (Å²) in [5.41, 5.74) is 2.33. The van der Waals surface area contributed by atoms with Gasteiger partial charge in [0.25, 0.3) is 0 Å². The summed E-state index contributed by atoms with van der Waals surface area (Å²) in [6, 6.07) is 8.23. The second-order valence-corrected chi connectivity index (χ2v) is 5.50. The van der Waals surface area contributed by atoms with Gasteiger partial charge in [-0.15, -0.1) is 11.3 Å². The van der Waals surface area contributed by atoms with Crippen molar-refractivity contribution < 1.29 is 4.74 Å². The number of hydrogen-bond acceptors (Lipinski definition) is 3. The summed E-state index contributed by atoms with van der Waals surface area (Å²) in [6.45, 7) is 6.98. The van der Waals surface area contributed by atoms with E-state index < -0.39 is 0 Å². The number of thiazole rings is 1. The predicted octanol–water partition coefficient (Wildman–Crippen LogP) is 4.47. The molecule has 0 saturated heterocycles. The molecule has 3 heteroatoms. The molecule has 1 heterocycles. The van der Waals surface area contributed by atoms with Crippen molar-refractivity contribution in [3.63, 3.8) is 0 Å². The topological polar surface area (TPSA) is 22.1 Å². The van der Waals surface area contributed by atoms with E-state index in [9.17, 15) is 0 Å². The second kappa shape index (κ2) is 6.01. The minimum Gasteiger partial charge on any atom is -0.494 e. The van der Waals surface area contributed by atoms with Crippen LogP contribution >= 0.6 is 11.3 Å². The molecule has 0 N–H and O–H groups in total. The van der Waals surface area contributed by atoms with E-state index in [0.29, 0.717) is 6.61 Å². The number of benzene rings is 1. The average Bonchev–Trinajstić information content (AvgIpc) is 2.72. The summed E-state index contributed by atoms with van der Waals surface area (Å²) >= 11 is 1.81. The van der Waals surface area contributed by atoms with Gasteiger partial charge < -0.3 is 4.74 Å². The van der Waals surface area contributed by atoms with Crippen molar-refractivity contribution in [2.75, 3.05) is 6.61 Å². The highest BCUT2D eigenvalue weighted by molar-refractivity contribution is 7.12. The lowest BCUT2D eigenvalue weighted by atomic mass is 10.1. The zero-order valence-electron chi connectivity index (χ0n) is 11.2. The Labute approximate surface area is 113 Å². The molecule has 0 radical (unpaired) electrons. The van der Waals surface area contributed by atoms with Crippen molar-refractivity contribution >= 4 is 11.3 Å². The molecule has 1 aromatic heterocycles. The van der Waals surface area contributed by atoms with Crippen LogP contribution in [0.15, 0.2) is 24.3 Å². The minimum absolute atomic E-state index is 0.705. The van der Waals surface area contributed by atoms with Gasteiger partial charge in [-0.25, -0.2) is 4.98 Å². The van der Waals surface area contributed by atoms with Gasteiger partial charge in [-0.2, -0.15) is 0 Å². The molecular weight excluding hydrogens is 242 g/mol. The lowest BCUT2D eigenvalue weighted by molar-refractivity contribution is 0.340. The standard InChI is InChI=1S/C15H19NOS/c1-4-6-14-15(16-11(3)18-14)12-7-9-13(10-8-12)17-5-2/h7-10H,4-6H2,1-3H3. The third-order valence-electron chi connectivity index (χ3n) is 2.72. The van der Waals surface area contributed by atoms with Crippen molar-refractivity contribution in [3.05, 3.63) is 34.2 Å². The summed E-state index contributed by atoms with van der Waals surface area (Å²) in [5.74, 6) is 0.922. The molecule has 2 aromatic rings. The second-order valence-electron chi connectivity index (χ2n) is 4.21. The number of hydrogen-bond donors (Lipinski definition) is 0. The van der Waals surface area contributed by atoms with Gasteiger partial charge in [-0.3, -0.25) is 0 Å². The molecule has 0 amide bonds. The van der Waals surface area contributed by atoms with Crippen molar-refractivity contribution in [1.82, 2.24) is 4.98 Å². The molecule has 0 atom stereocenters. The molecule has 18 heavy (non-hydrogen) atoms. The van der Waals surface area contributed by atoms with Crippen LogP contribution in [-0.2, 0) is 6.42 Å². The molecule has 0 spiro atoms. The molecule has 0 aliphatic rings. The molecule has 1 aromatic carbocycles. The first-order valence-corrected chi connectivity index (χ1v) is 7.25. The average molecular weight is 261 g/mol. The maximum atomic E-state index is 5.46. The molecule has 0 aliphatic heterocycles. The molecular formula is C15H19NOS. The van der Waals surface area contributed by atoms with E-state index in [1.165, 1.54) is 10.4 Å². The maximum Gasteiger partial charge on any atom is 0.119 e. The van der Waals surface area contributed by atoms with Crippen molar-refractivity contribution in [2.24, 2.45) is 0 Å². The van der Waals surface area contributed by atoms with Crippen molar-refractivity contribution in [3.8, 4) is 17.0 Å². The van der Waals surface area contributed by atoms with Gasteiger partial charge in [0.1, 0.15) is 5.75 Å². The van der Waals surface area contributed by atoms with Gasteiger partial charge in [0.05, 0.1) is 17.3 Å². The zero-order valence-corrected chi connectivity index (χ0v) is 12.0. The third-order valence-corrected chi connectivity index (χ3v) is 3.75. The highest BCUT2D eigenvalue weighted by Gasteiger charge is 2.10. The van der Waals surface area contributed by atoms with Gasteiger partial charge in [-0.1, -0.05) is 13.3 Å². The van der Waals surface area contributed by atoms with Gasteiger partial charge in [0.2, 0.25) is 0 Å². The SMILES string of the molecule is CCCc1sc(C)nc1-c1ccc(OCC)cc1. The predicted molar refractivity (Wildman–Crippen MR) is 77.5 cm³/mol. The number of aromatic nitrogens is 1. The first kappa shape index (κ1) is 13.1. The van der Waals surface area contributed by atoms with Crippen LogP contribution < -0.4 is 4.74 Å². The fourth-order valence-corrected chi connectivity index (χ4v) is 3.03. The fourth-order valence-electron chi connectivity index (χ4n) is 1.97. The molecule has 0 saturated carbocycles. The van der Waals surface area contributed by atoms with Crippen LogP contribution in [0.3, 0.4) is 0 Å². The lowest BCUT2D eigenvalue weighted by Gasteiger charge is -2.05. The van der Waals surface area contributed by atoms with Crippen LogP contribution in [-0.4, -0.2) is 11.6 Å². The maximum absolute atomic E-state index is 5.46. The Bertz CT molecular complexity index is 502. The minimum atomic E-state index is 0.705. The summed E-state index contributed by atoms with van der Waals surface area (Å²) in [7, 11) is 0. The quantitative estimate of drug-likeness (QED) is 0.792. The summed E-state index contributed by atoms with van der Waals surface area (Å²) in [4.78, 5) is 6.04. The smallest absolute Gasteiger partial charge is 0.119 e. The Morgan fingerprint density at radius 2 is 1.89 bits per heavy atom. The van der Waals surface area contributed by atoms with Crippen LogP contribution in [0.2, 0.25) is 0 Å². The van der Waals surface area contributed by atoms with Crippen molar-refractivity contribution in [2.45, 2.75) is 33.6 Å². The van der Waals surface area contributed by atoms with Crippen LogP contribution in [0.5, 0.6) is 5.75 Å². The Morgan fingerprint density at radius 1 is 1.17 bits per heavy atom. The zero-order chi connectivity index (χ0) is 13.0. The Morgan fingerprint density at radius 3 is 2.50 bits per heavy atom. The number of rotatable bonds is 5. The molecule has 2 nitrogen and oxygen atoms in total. The molecule has 2 rings (SSSR count). The monoisotopic (exact) mass is 261 g/mol. The molecule has 96 valence electrons. The van der Waals surface area contributed by atoms with Crippen LogP contribution in [0.4, 0.5) is 0 Å². The van der Waals surface area contributed by atoms with Gasteiger partial charge in [-0.05, 0) is 44.5 Å². The van der Waals surface area contributed by atoms with Crippen molar-refractivity contribution in [1.29, 1.82) is 0 Å². The van der Waals surface area contributed by atoms with E-state index in [2.05, 4.69) is 31.0 Å². The first-order chi connectivity index (χ1) is 8.74. The van der Waals surface area contributed by atoms with Gasteiger partial charge in [0, 0.05) is 10.4 Å². The van der Waals surface area contributed by atoms with Crippen LogP contribution in [0, 0.1) is 6.92 Å². The number of ether oxygens (including phenoxy) is 1. The highest BCUT2D eigenvalue weighted by atomic mass is 32.1. The third kappa shape index (κ3) is 2.91. The van der Waals surface area contributed by atoms with E-state index in [0.717, 1.165) is 29.3 Å². The normalized spacial score (nSPS) is 10.6. The Kier molecular flexibility index (Phi) is 4.37. The molecule has 0 bridgehead atoms. The van der Waals surface area contributed by atoms with Gasteiger partial charge >= 0.3 is 0 Å². The molecule has 0 aliphatic carbocycles. The Hall–Kier alpha value is -1.35. The van der Waals surface area contributed by atoms with E-state index >= 15 is 0 Å². The molecule has 0 fully saturated rings.